The van der Waals surface area contributed by atoms with Crippen LogP contribution in [0.2, 0.25) is 0 Å². The van der Waals surface area contributed by atoms with Gasteiger partial charge >= 0.3 is 5.97 Å². The maximum Gasteiger partial charge on any atom is 0.337 e. The lowest BCUT2D eigenvalue weighted by Crippen LogP contribution is -2.18. The predicted molar refractivity (Wildman–Crippen MR) is 113 cm³/mol. The molecule has 0 fully saturated rings. The predicted octanol–water partition coefficient (Wildman–Crippen LogP) is 3.42. The van der Waals surface area contributed by atoms with E-state index >= 15 is 0 Å². The van der Waals surface area contributed by atoms with Crippen LogP contribution < -0.4 is 10.2 Å². The molecule has 8 heteroatoms. The largest absolute Gasteiger partial charge is 0.493 e. The molecule has 0 unspecified atom stereocenters. The Morgan fingerprint density at radius 3 is 2.67 bits per heavy atom. The van der Waals surface area contributed by atoms with Gasteiger partial charge in [-0.1, -0.05) is 31.2 Å². The standard InChI is InChI=1S/C22H22N4O4/c1-3-12-30-20-7-5-4-6-17(20)18-13-19(25-24-18)21(27)26-23-14-15-8-10-16(11-9-15)22(28)29-2/h4-11,13-14H,3,12H2,1-2H3,(H,24,25)(H,26,27)/b23-14-. The third-order valence-electron chi connectivity index (χ3n) is 4.16. The molecular formula is C22H22N4O4. The van der Waals surface area contributed by atoms with Gasteiger partial charge in [-0.2, -0.15) is 10.2 Å². The van der Waals surface area contributed by atoms with Crippen LogP contribution in [0.5, 0.6) is 5.75 Å². The number of hydrogen-bond acceptors (Lipinski definition) is 6. The molecular weight excluding hydrogens is 384 g/mol. The van der Waals surface area contributed by atoms with E-state index in [9.17, 15) is 9.59 Å². The number of ether oxygens (including phenoxy) is 2. The molecule has 0 atom stereocenters. The van der Waals surface area contributed by atoms with Gasteiger partial charge in [0.15, 0.2) is 0 Å². The second kappa shape index (κ2) is 10.0. The Morgan fingerprint density at radius 1 is 1.17 bits per heavy atom. The van der Waals surface area contributed by atoms with Gasteiger partial charge in [0.2, 0.25) is 0 Å². The van der Waals surface area contributed by atoms with Crippen LogP contribution in [0, 0.1) is 0 Å². The van der Waals surface area contributed by atoms with Crippen LogP contribution in [0.15, 0.2) is 59.7 Å². The van der Waals surface area contributed by atoms with E-state index in [4.69, 9.17) is 4.74 Å². The van der Waals surface area contributed by atoms with Crippen LogP contribution in [0.3, 0.4) is 0 Å². The number of aromatic nitrogens is 2. The Morgan fingerprint density at radius 2 is 1.93 bits per heavy atom. The fraction of sp³-hybridized carbons (Fsp3) is 0.182. The minimum absolute atomic E-state index is 0.272. The van der Waals surface area contributed by atoms with E-state index in [0.29, 0.717) is 23.6 Å². The summed E-state index contributed by atoms with van der Waals surface area (Å²) in [6, 6.07) is 15.8. The van der Waals surface area contributed by atoms with Crippen molar-refractivity contribution in [1.29, 1.82) is 0 Å². The van der Waals surface area contributed by atoms with Crippen LogP contribution in [-0.4, -0.2) is 42.0 Å². The van der Waals surface area contributed by atoms with Crippen LogP contribution in [0.25, 0.3) is 11.3 Å². The summed E-state index contributed by atoms with van der Waals surface area (Å²) in [5.41, 5.74) is 5.28. The molecule has 154 valence electrons. The first kappa shape index (κ1) is 20.8. The molecule has 30 heavy (non-hydrogen) atoms. The second-order valence-electron chi connectivity index (χ2n) is 6.32. The average molecular weight is 406 g/mol. The molecule has 2 aromatic carbocycles. The zero-order valence-corrected chi connectivity index (χ0v) is 16.7. The Balaban J connectivity index is 1.64. The summed E-state index contributed by atoms with van der Waals surface area (Å²) in [5, 5.41) is 10.9. The minimum atomic E-state index is -0.428. The minimum Gasteiger partial charge on any atom is -0.493 e. The molecule has 1 heterocycles. The number of hydrazone groups is 1. The van der Waals surface area contributed by atoms with Crippen LogP contribution in [0.4, 0.5) is 0 Å². The number of nitrogens with one attached hydrogen (secondary N) is 2. The molecule has 0 spiro atoms. The number of benzene rings is 2. The molecule has 0 aliphatic heterocycles. The molecule has 3 rings (SSSR count). The van der Waals surface area contributed by atoms with E-state index in [0.717, 1.165) is 17.5 Å². The molecule has 0 radical (unpaired) electrons. The number of para-hydroxylation sites is 1. The summed E-state index contributed by atoms with van der Waals surface area (Å²) in [4.78, 5) is 23.8. The lowest BCUT2D eigenvalue weighted by Gasteiger charge is -2.08. The molecule has 0 aliphatic carbocycles. The SMILES string of the molecule is CCCOc1ccccc1-c1cc(C(=O)N/N=C\c2ccc(C(=O)OC)cc2)[nH]n1. The molecule has 1 aromatic heterocycles. The van der Waals surface area contributed by atoms with Gasteiger partial charge in [0, 0.05) is 5.56 Å². The van der Waals surface area contributed by atoms with Crippen molar-refractivity contribution in [3.05, 3.63) is 71.4 Å². The van der Waals surface area contributed by atoms with Crippen LogP contribution >= 0.6 is 0 Å². The summed E-state index contributed by atoms with van der Waals surface area (Å²) in [7, 11) is 1.32. The fourth-order valence-corrected chi connectivity index (χ4v) is 2.64. The number of H-pyrrole nitrogens is 1. The Hall–Kier alpha value is -3.94. The highest BCUT2D eigenvalue weighted by molar-refractivity contribution is 5.94. The lowest BCUT2D eigenvalue weighted by molar-refractivity contribution is 0.0600. The molecule has 0 bridgehead atoms. The average Bonchev–Trinajstić information content (AvgIpc) is 3.28. The van der Waals surface area contributed by atoms with Crippen molar-refractivity contribution in [3.63, 3.8) is 0 Å². The lowest BCUT2D eigenvalue weighted by atomic mass is 10.1. The van der Waals surface area contributed by atoms with Gasteiger partial charge in [-0.25, -0.2) is 10.2 Å². The van der Waals surface area contributed by atoms with E-state index in [2.05, 4.69) is 25.5 Å². The van der Waals surface area contributed by atoms with Crippen LogP contribution in [-0.2, 0) is 4.74 Å². The summed E-state index contributed by atoms with van der Waals surface area (Å²) < 4.78 is 10.4. The summed E-state index contributed by atoms with van der Waals surface area (Å²) in [5.74, 6) is -0.127. The third-order valence-corrected chi connectivity index (χ3v) is 4.16. The zero-order valence-electron chi connectivity index (χ0n) is 16.7. The highest BCUT2D eigenvalue weighted by Crippen LogP contribution is 2.28. The van der Waals surface area contributed by atoms with Gasteiger partial charge in [0.1, 0.15) is 11.4 Å². The second-order valence-corrected chi connectivity index (χ2v) is 6.32. The van der Waals surface area contributed by atoms with Gasteiger partial charge in [-0.3, -0.25) is 9.89 Å². The zero-order chi connectivity index (χ0) is 21.3. The number of rotatable bonds is 8. The Bertz CT molecular complexity index is 1040. The van der Waals surface area contributed by atoms with Crippen molar-refractivity contribution in [2.45, 2.75) is 13.3 Å². The van der Waals surface area contributed by atoms with Crippen molar-refractivity contribution >= 4 is 18.1 Å². The molecule has 1 amide bonds. The fourth-order valence-electron chi connectivity index (χ4n) is 2.64. The topological polar surface area (TPSA) is 106 Å². The first-order valence-corrected chi connectivity index (χ1v) is 9.41. The van der Waals surface area contributed by atoms with E-state index in [1.807, 2.05) is 31.2 Å². The number of aromatic amines is 1. The molecule has 0 saturated carbocycles. The molecule has 3 aromatic rings. The Labute approximate surface area is 173 Å². The normalized spacial score (nSPS) is 10.7. The summed E-state index contributed by atoms with van der Waals surface area (Å²) >= 11 is 0. The summed E-state index contributed by atoms with van der Waals surface area (Å²) in [6.45, 7) is 2.64. The maximum atomic E-state index is 12.3. The van der Waals surface area contributed by atoms with Crippen molar-refractivity contribution in [3.8, 4) is 17.0 Å². The number of carbonyl (C=O) groups excluding carboxylic acids is 2. The molecule has 8 nitrogen and oxygen atoms in total. The van der Waals surface area contributed by atoms with Gasteiger partial charge in [-0.15, -0.1) is 0 Å². The summed E-state index contributed by atoms with van der Waals surface area (Å²) in [6.07, 6.45) is 2.37. The van der Waals surface area contributed by atoms with E-state index in [-0.39, 0.29) is 5.69 Å². The van der Waals surface area contributed by atoms with Gasteiger partial charge in [0.05, 0.1) is 31.2 Å². The van der Waals surface area contributed by atoms with Crippen molar-refractivity contribution in [1.82, 2.24) is 15.6 Å². The first-order valence-electron chi connectivity index (χ1n) is 9.41. The van der Waals surface area contributed by atoms with E-state index < -0.39 is 11.9 Å². The highest BCUT2D eigenvalue weighted by atomic mass is 16.5. The quantitative estimate of drug-likeness (QED) is 0.339. The molecule has 2 N–H and O–H groups in total. The number of hydrogen-bond donors (Lipinski definition) is 2. The Kier molecular flexibility index (Phi) is 6.94. The van der Waals surface area contributed by atoms with Crippen molar-refractivity contribution in [2.24, 2.45) is 5.10 Å². The highest BCUT2D eigenvalue weighted by Gasteiger charge is 2.13. The number of esters is 1. The van der Waals surface area contributed by atoms with Crippen molar-refractivity contribution < 1.29 is 19.1 Å². The van der Waals surface area contributed by atoms with Gasteiger partial charge in [0.25, 0.3) is 5.91 Å². The van der Waals surface area contributed by atoms with Crippen LogP contribution in [0.1, 0.15) is 39.8 Å². The number of carbonyl (C=O) groups is 2. The number of nitrogens with zero attached hydrogens (tertiary/aromatic N) is 2. The molecule has 0 saturated heterocycles. The smallest absolute Gasteiger partial charge is 0.337 e. The van der Waals surface area contributed by atoms with Crippen molar-refractivity contribution in [2.75, 3.05) is 13.7 Å². The molecule has 0 aliphatic rings. The van der Waals surface area contributed by atoms with E-state index in [1.54, 1.807) is 30.3 Å². The monoisotopic (exact) mass is 406 g/mol. The van der Waals surface area contributed by atoms with E-state index in [1.165, 1.54) is 13.3 Å². The van der Waals surface area contributed by atoms with Gasteiger partial charge in [-0.05, 0) is 42.3 Å². The van der Waals surface area contributed by atoms with Gasteiger partial charge < -0.3 is 9.47 Å². The maximum absolute atomic E-state index is 12.3. The third kappa shape index (κ3) is 5.11. The number of methoxy groups -OCH3 is 1. The first-order chi connectivity index (χ1) is 14.6. The number of amides is 1.